The normalized spacial score (nSPS) is 13.3. The average molecular weight is 402 g/mol. The van der Waals surface area contributed by atoms with E-state index in [9.17, 15) is 9.59 Å². The Morgan fingerprint density at radius 2 is 1.87 bits per heavy atom. The minimum atomic E-state index is 0.0790. The summed E-state index contributed by atoms with van der Waals surface area (Å²) < 4.78 is 5.45. The number of Topliss-reactive ketones (excluding diaryl/α,β-unsaturated/α-hetero) is 1. The molecular formula is C26H27NO3. The number of carbonyl (C=O) groups is 2. The van der Waals surface area contributed by atoms with Gasteiger partial charge < -0.3 is 9.64 Å². The van der Waals surface area contributed by atoms with Gasteiger partial charge in [0.25, 0.3) is 0 Å². The highest BCUT2D eigenvalue weighted by Crippen LogP contribution is 2.36. The third kappa shape index (κ3) is 4.38. The van der Waals surface area contributed by atoms with Crippen molar-refractivity contribution in [3.63, 3.8) is 0 Å². The second-order valence-corrected chi connectivity index (χ2v) is 8.02. The van der Waals surface area contributed by atoms with Gasteiger partial charge in [0.15, 0.2) is 5.78 Å². The van der Waals surface area contributed by atoms with Crippen molar-refractivity contribution in [3.05, 3.63) is 71.3 Å². The van der Waals surface area contributed by atoms with Crippen LogP contribution in [0.1, 0.15) is 46.0 Å². The van der Waals surface area contributed by atoms with Crippen LogP contribution in [0.25, 0.3) is 10.8 Å². The van der Waals surface area contributed by atoms with Gasteiger partial charge in [0, 0.05) is 41.7 Å². The van der Waals surface area contributed by atoms with E-state index in [0.29, 0.717) is 12.0 Å². The predicted octanol–water partition coefficient (Wildman–Crippen LogP) is 5.32. The minimum absolute atomic E-state index is 0.0790. The molecule has 0 unspecified atom stereocenters. The van der Waals surface area contributed by atoms with Gasteiger partial charge in [-0.25, -0.2) is 0 Å². The molecule has 154 valence electrons. The summed E-state index contributed by atoms with van der Waals surface area (Å²) in [6.07, 6.45) is 3.70. The summed E-state index contributed by atoms with van der Waals surface area (Å²) in [5.74, 6) is 1.65. The highest BCUT2D eigenvalue weighted by Gasteiger charge is 2.25. The van der Waals surface area contributed by atoms with Gasteiger partial charge in [-0.2, -0.15) is 0 Å². The van der Waals surface area contributed by atoms with Crippen molar-refractivity contribution in [1.29, 1.82) is 0 Å². The lowest BCUT2D eigenvalue weighted by molar-refractivity contribution is 0.0993. The summed E-state index contributed by atoms with van der Waals surface area (Å²) in [6, 6.07) is 17.2. The molecule has 3 aromatic carbocycles. The number of ether oxygens (including phenoxy) is 1. The molecule has 0 saturated heterocycles. The van der Waals surface area contributed by atoms with Crippen molar-refractivity contribution in [3.8, 4) is 5.75 Å². The zero-order valence-corrected chi connectivity index (χ0v) is 17.6. The molecule has 1 fully saturated rings. The Bertz CT molecular complexity index is 1070. The molecule has 3 aromatic rings. The first-order chi connectivity index (χ1) is 14.6. The van der Waals surface area contributed by atoms with E-state index in [-0.39, 0.29) is 5.78 Å². The molecule has 0 aromatic heterocycles. The zero-order chi connectivity index (χ0) is 21.1. The fraction of sp³-hybridized carbons (Fsp3) is 0.308. The van der Waals surface area contributed by atoms with Gasteiger partial charge in [0.1, 0.15) is 12.0 Å². The van der Waals surface area contributed by atoms with Crippen molar-refractivity contribution >= 4 is 28.5 Å². The van der Waals surface area contributed by atoms with Gasteiger partial charge in [-0.05, 0) is 60.9 Å². The smallest absolute Gasteiger partial charge is 0.167 e. The maximum Gasteiger partial charge on any atom is 0.167 e. The largest absolute Gasteiger partial charge is 0.497 e. The first-order valence-electron chi connectivity index (χ1n) is 10.5. The molecule has 4 nitrogen and oxygen atoms in total. The number of fused-ring (bicyclic) bond motifs is 1. The molecule has 30 heavy (non-hydrogen) atoms. The SMILES string of the molecule is CCN(CC1CC1)c1cc(C(=O)Cc2ccc(C=O)cc2)cc2ccc(OC)cc12. The number of aldehydes is 1. The molecule has 0 spiro atoms. The number of nitrogens with zero attached hydrogens (tertiary/aromatic N) is 1. The Balaban J connectivity index is 1.71. The lowest BCUT2D eigenvalue weighted by Crippen LogP contribution is -2.25. The summed E-state index contributed by atoms with van der Waals surface area (Å²) in [7, 11) is 1.68. The second kappa shape index (κ2) is 8.70. The van der Waals surface area contributed by atoms with Crippen LogP contribution in [0.2, 0.25) is 0 Å². The van der Waals surface area contributed by atoms with Crippen LogP contribution in [0.3, 0.4) is 0 Å². The van der Waals surface area contributed by atoms with E-state index in [4.69, 9.17) is 4.74 Å². The monoisotopic (exact) mass is 401 g/mol. The van der Waals surface area contributed by atoms with E-state index in [0.717, 1.165) is 58.6 Å². The van der Waals surface area contributed by atoms with Crippen molar-refractivity contribution in [1.82, 2.24) is 0 Å². The van der Waals surface area contributed by atoms with Crippen molar-refractivity contribution in [2.24, 2.45) is 5.92 Å². The van der Waals surface area contributed by atoms with Crippen LogP contribution >= 0.6 is 0 Å². The van der Waals surface area contributed by atoms with E-state index < -0.39 is 0 Å². The van der Waals surface area contributed by atoms with Gasteiger partial charge >= 0.3 is 0 Å². The maximum absolute atomic E-state index is 13.1. The Kier molecular flexibility index (Phi) is 5.84. The lowest BCUT2D eigenvalue weighted by atomic mass is 9.97. The number of anilines is 1. The van der Waals surface area contributed by atoms with E-state index in [1.165, 1.54) is 12.8 Å². The van der Waals surface area contributed by atoms with Gasteiger partial charge in [-0.15, -0.1) is 0 Å². The Morgan fingerprint density at radius 3 is 2.50 bits per heavy atom. The van der Waals surface area contributed by atoms with Gasteiger partial charge in [-0.1, -0.05) is 30.3 Å². The molecule has 0 radical (unpaired) electrons. The molecule has 4 heteroatoms. The Hall–Kier alpha value is -3.14. The molecule has 4 rings (SSSR count). The van der Waals surface area contributed by atoms with E-state index in [1.54, 1.807) is 19.2 Å². The second-order valence-electron chi connectivity index (χ2n) is 8.02. The van der Waals surface area contributed by atoms with E-state index in [1.807, 2.05) is 36.4 Å². The van der Waals surface area contributed by atoms with Crippen LogP contribution in [-0.2, 0) is 6.42 Å². The van der Waals surface area contributed by atoms with Crippen molar-refractivity contribution < 1.29 is 14.3 Å². The number of hydrogen-bond donors (Lipinski definition) is 0. The summed E-state index contributed by atoms with van der Waals surface area (Å²) in [5.41, 5.74) is 3.34. The molecule has 0 atom stereocenters. The molecule has 1 saturated carbocycles. The Morgan fingerprint density at radius 1 is 1.10 bits per heavy atom. The first-order valence-corrected chi connectivity index (χ1v) is 10.5. The third-order valence-electron chi connectivity index (χ3n) is 5.84. The van der Waals surface area contributed by atoms with E-state index >= 15 is 0 Å². The van der Waals surface area contributed by atoms with Crippen molar-refractivity contribution in [2.45, 2.75) is 26.2 Å². The van der Waals surface area contributed by atoms with Crippen LogP contribution in [0, 0.1) is 5.92 Å². The predicted molar refractivity (Wildman–Crippen MR) is 121 cm³/mol. The molecule has 0 aliphatic heterocycles. The number of carbonyl (C=O) groups excluding carboxylic acids is 2. The molecular weight excluding hydrogens is 374 g/mol. The van der Waals surface area contributed by atoms with Crippen LogP contribution in [0.4, 0.5) is 5.69 Å². The number of hydrogen-bond acceptors (Lipinski definition) is 4. The highest BCUT2D eigenvalue weighted by molar-refractivity contribution is 6.05. The molecule has 0 amide bonds. The van der Waals surface area contributed by atoms with Crippen molar-refractivity contribution in [2.75, 3.05) is 25.1 Å². The fourth-order valence-corrected chi connectivity index (χ4v) is 3.88. The van der Waals surface area contributed by atoms with Gasteiger partial charge in [-0.3, -0.25) is 9.59 Å². The quantitative estimate of drug-likeness (QED) is 0.359. The van der Waals surface area contributed by atoms with Crippen LogP contribution < -0.4 is 9.64 Å². The molecule has 1 aliphatic carbocycles. The van der Waals surface area contributed by atoms with E-state index in [2.05, 4.69) is 17.9 Å². The summed E-state index contributed by atoms with van der Waals surface area (Å²) >= 11 is 0. The van der Waals surface area contributed by atoms with Gasteiger partial charge in [0.05, 0.1) is 7.11 Å². The average Bonchev–Trinajstić information content (AvgIpc) is 3.61. The van der Waals surface area contributed by atoms with Crippen LogP contribution in [0.15, 0.2) is 54.6 Å². The minimum Gasteiger partial charge on any atom is -0.497 e. The Labute approximate surface area is 177 Å². The number of methoxy groups -OCH3 is 1. The molecule has 0 N–H and O–H groups in total. The standard InChI is InChI=1S/C26H27NO3/c1-3-27(16-19-6-7-19)25-14-22(13-21-10-11-23(30-2)15-24(21)25)26(29)12-18-4-8-20(17-28)9-5-18/h4-5,8-11,13-15,17,19H,3,6-7,12,16H2,1-2H3. The summed E-state index contributed by atoms with van der Waals surface area (Å²) in [6.45, 7) is 4.08. The van der Waals surface area contributed by atoms with Crippen LogP contribution in [0.5, 0.6) is 5.75 Å². The van der Waals surface area contributed by atoms with Crippen LogP contribution in [-0.4, -0.2) is 32.3 Å². The highest BCUT2D eigenvalue weighted by atomic mass is 16.5. The number of ketones is 1. The molecule has 1 aliphatic rings. The zero-order valence-electron chi connectivity index (χ0n) is 17.6. The first kappa shape index (κ1) is 20.1. The summed E-state index contributed by atoms with van der Waals surface area (Å²) in [4.78, 5) is 26.4. The number of benzene rings is 3. The lowest BCUT2D eigenvalue weighted by Gasteiger charge is -2.25. The molecule has 0 bridgehead atoms. The molecule has 0 heterocycles. The number of rotatable bonds is 9. The summed E-state index contributed by atoms with van der Waals surface area (Å²) in [5, 5.41) is 2.16. The third-order valence-corrected chi connectivity index (χ3v) is 5.84. The topological polar surface area (TPSA) is 46.6 Å². The van der Waals surface area contributed by atoms with Gasteiger partial charge in [0.2, 0.25) is 0 Å². The fourth-order valence-electron chi connectivity index (χ4n) is 3.88. The maximum atomic E-state index is 13.1.